The first-order valence-corrected chi connectivity index (χ1v) is 12.8. The maximum atomic E-state index is 11.9. The van der Waals surface area contributed by atoms with E-state index in [1.165, 1.54) is 18.3 Å². The third-order valence-electron chi connectivity index (χ3n) is 6.13. The van der Waals surface area contributed by atoms with Crippen LogP contribution in [0.4, 0.5) is 17.2 Å². The molecule has 0 unspecified atom stereocenters. The van der Waals surface area contributed by atoms with Gasteiger partial charge in [0.1, 0.15) is 18.2 Å². The Hall–Kier alpha value is -3.13. The number of nitrogens with zero attached hydrogens (tertiary/aromatic N) is 4. The third kappa shape index (κ3) is 4.27. The van der Waals surface area contributed by atoms with E-state index in [1.807, 2.05) is 18.2 Å². The molecule has 3 aromatic rings. The minimum absolute atomic E-state index is 0.126. The number of hydrogen-bond acceptors (Lipinski definition) is 7. The molecule has 1 fully saturated rings. The van der Waals surface area contributed by atoms with Gasteiger partial charge in [-0.25, -0.2) is 18.4 Å². The van der Waals surface area contributed by atoms with E-state index in [0.717, 1.165) is 56.0 Å². The highest BCUT2D eigenvalue weighted by molar-refractivity contribution is 7.90. The van der Waals surface area contributed by atoms with Gasteiger partial charge in [0.05, 0.1) is 4.90 Å². The number of sulfone groups is 1. The number of para-hydroxylation sites is 1. The molecular weight excluding hydrogens is 424 g/mol. The monoisotopic (exact) mass is 450 g/mol. The smallest absolute Gasteiger partial charge is 0.218 e. The van der Waals surface area contributed by atoms with Gasteiger partial charge in [0.25, 0.3) is 0 Å². The van der Waals surface area contributed by atoms with Gasteiger partial charge in [-0.3, -0.25) is 0 Å². The summed E-state index contributed by atoms with van der Waals surface area (Å²) >= 11 is 0. The Kier molecular flexibility index (Phi) is 5.46. The molecule has 0 spiro atoms. The molecule has 1 aromatic heterocycles. The van der Waals surface area contributed by atoms with Gasteiger partial charge in [0.15, 0.2) is 9.84 Å². The largest absolute Gasteiger partial charge is 0.474 e. The average molecular weight is 451 g/mol. The lowest BCUT2D eigenvalue weighted by Gasteiger charge is -2.33. The van der Waals surface area contributed by atoms with E-state index >= 15 is 0 Å². The van der Waals surface area contributed by atoms with E-state index in [1.54, 1.807) is 12.1 Å². The molecule has 2 aliphatic heterocycles. The van der Waals surface area contributed by atoms with E-state index in [2.05, 4.69) is 44.0 Å². The zero-order chi connectivity index (χ0) is 22.1. The minimum Gasteiger partial charge on any atom is -0.474 e. The van der Waals surface area contributed by atoms with Crippen LogP contribution in [0.15, 0.2) is 65.8 Å². The van der Waals surface area contributed by atoms with E-state index in [-0.39, 0.29) is 6.10 Å². The van der Waals surface area contributed by atoms with Crippen molar-refractivity contribution >= 4 is 27.0 Å². The molecule has 2 aliphatic rings. The summed E-state index contributed by atoms with van der Waals surface area (Å²) in [6.45, 7) is 2.65. The van der Waals surface area contributed by atoms with Crippen molar-refractivity contribution in [2.24, 2.45) is 0 Å². The summed E-state index contributed by atoms with van der Waals surface area (Å²) in [5.41, 5.74) is 3.25. The van der Waals surface area contributed by atoms with Crippen LogP contribution < -0.4 is 14.5 Å². The lowest BCUT2D eigenvalue weighted by Crippen LogP contribution is -2.38. The molecule has 7 nitrogen and oxygen atoms in total. The Morgan fingerprint density at radius 1 is 0.969 bits per heavy atom. The SMILES string of the molecule is CS(=O)(=O)c1ccc2c(c1)CCN2c1cc(OC2CCN(c3ccccc3)CC2)ncn1. The molecule has 32 heavy (non-hydrogen) atoms. The Morgan fingerprint density at radius 2 is 1.75 bits per heavy atom. The van der Waals surface area contributed by atoms with Crippen molar-refractivity contribution in [3.63, 3.8) is 0 Å². The van der Waals surface area contributed by atoms with Gasteiger partial charge in [-0.1, -0.05) is 18.2 Å². The Balaban J connectivity index is 1.27. The van der Waals surface area contributed by atoms with Crippen molar-refractivity contribution in [3.05, 3.63) is 66.5 Å². The highest BCUT2D eigenvalue weighted by atomic mass is 32.2. The summed E-state index contributed by atoms with van der Waals surface area (Å²) in [6.07, 6.45) is 5.55. The van der Waals surface area contributed by atoms with Crippen molar-refractivity contribution < 1.29 is 13.2 Å². The molecule has 8 heteroatoms. The first kappa shape index (κ1) is 20.8. The molecule has 166 valence electrons. The van der Waals surface area contributed by atoms with Crippen molar-refractivity contribution in [2.75, 3.05) is 35.7 Å². The number of fused-ring (bicyclic) bond motifs is 1. The fourth-order valence-corrected chi connectivity index (χ4v) is 5.10. The van der Waals surface area contributed by atoms with Gasteiger partial charge < -0.3 is 14.5 Å². The topological polar surface area (TPSA) is 75.6 Å². The van der Waals surface area contributed by atoms with Crippen LogP contribution in [-0.4, -0.2) is 50.4 Å². The highest BCUT2D eigenvalue weighted by Gasteiger charge is 2.25. The molecule has 2 aromatic carbocycles. The van der Waals surface area contributed by atoms with Gasteiger partial charge in [0, 0.05) is 56.2 Å². The molecule has 1 saturated heterocycles. The fourth-order valence-electron chi connectivity index (χ4n) is 4.43. The van der Waals surface area contributed by atoms with Crippen molar-refractivity contribution in [2.45, 2.75) is 30.3 Å². The molecule has 5 rings (SSSR count). The average Bonchev–Trinajstić information content (AvgIpc) is 3.23. The van der Waals surface area contributed by atoms with Crippen LogP contribution in [-0.2, 0) is 16.3 Å². The number of aromatic nitrogens is 2. The van der Waals surface area contributed by atoms with Crippen LogP contribution in [0.1, 0.15) is 18.4 Å². The standard InChI is InChI=1S/C24H26N4O3S/c1-32(29,30)21-7-8-22-18(15-21)9-14-28(22)23-16-24(26-17-25-23)31-20-10-12-27(13-11-20)19-5-3-2-4-6-19/h2-8,15-17,20H,9-14H2,1H3. The van der Waals surface area contributed by atoms with Crippen LogP contribution in [0.25, 0.3) is 0 Å². The first-order chi connectivity index (χ1) is 15.5. The number of rotatable bonds is 5. The molecule has 0 saturated carbocycles. The summed E-state index contributed by atoms with van der Waals surface area (Å²) in [4.78, 5) is 13.6. The lowest BCUT2D eigenvalue weighted by molar-refractivity contribution is 0.164. The normalized spacial score (nSPS) is 16.8. The quantitative estimate of drug-likeness (QED) is 0.588. The molecule has 3 heterocycles. The van der Waals surface area contributed by atoms with Gasteiger partial charge in [-0.2, -0.15) is 0 Å². The molecule has 0 radical (unpaired) electrons. The molecule has 0 amide bonds. The zero-order valence-corrected chi connectivity index (χ0v) is 18.8. The highest BCUT2D eigenvalue weighted by Crippen LogP contribution is 2.35. The van der Waals surface area contributed by atoms with Gasteiger partial charge in [-0.15, -0.1) is 0 Å². The first-order valence-electron chi connectivity index (χ1n) is 10.9. The predicted octanol–water partition coefficient (Wildman–Crippen LogP) is 3.62. The fraction of sp³-hybridized carbons (Fsp3) is 0.333. The number of ether oxygens (including phenoxy) is 1. The van der Waals surface area contributed by atoms with Crippen molar-refractivity contribution in [1.29, 1.82) is 0 Å². The molecule has 0 atom stereocenters. The minimum atomic E-state index is -3.22. The summed E-state index contributed by atoms with van der Waals surface area (Å²) in [5.74, 6) is 1.34. The number of anilines is 3. The number of hydrogen-bond donors (Lipinski definition) is 0. The van der Waals surface area contributed by atoms with E-state index in [4.69, 9.17) is 4.74 Å². The molecule has 0 bridgehead atoms. The summed E-state index contributed by atoms with van der Waals surface area (Å²) in [5, 5.41) is 0. The predicted molar refractivity (Wildman–Crippen MR) is 125 cm³/mol. The Morgan fingerprint density at radius 3 is 2.50 bits per heavy atom. The molecular formula is C24H26N4O3S. The van der Waals surface area contributed by atoms with E-state index < -0.39 is 9.84 Å². The van der Waals surface area contributed by atoms with Crippen LogP contribution in [0, 0.1) is 0 Å². The lowest BCUT2D eigenvalue weighted by atomic mass is 10.1. The molecule has 0 aliphatic carbocycles. The summed E-state index contributed by atoms with van der Waals surface area (Å²) in [7, 11) is -3.22. The third-order valence-corrected chi connectivity index (χ3v) is 7.24. The van der Waals surface area contributed by atoms with Crippen LogP contribution in [0.3, 0.4) is 0 Å². The van der Waals surface area contributed by atoms with Gasteiger partial charge in [-0.05, 0) is 42.3 Å². The second-order valence-corrected chi connectivity index (χ2v) is 10.3. The van der Waals surface area contributed by atoms with Gasteiger partial charge in [0.2, 0.25) is 5.88 Å². The second kappa shape index (κ2) is 8.43. The number of piperidine rings is 1. The van der Waals surface area contributed by atoms with E-state index in [0.29, 0.717) is 10.8 Å². The van der Waals surface area contributed by atoms with E-state index in [9.17, 15) is 8.42 Å². The van der Waals surface area contributed by atoms with Crippen molar-refractivity contribution in [3.8, 4) is 5.88 Å². The molecule has 0 N–H and O–H groups in total. The Labute approximate surface area is 188 Å². The maximum Gasteiger partial charge on any atom is 0.218 e. The van der Waals surface area contributed by atoms with Crippen molar-refractivity contribution in [1.82, 2.24) is 9.97 Å². The second-order valence-electron chi connectivity index (χ2n) is 8.32. The summed E-state index contributed by atoms with van der Waals surface area (Å²) < 4.78 is 29.9. The number of benzene rings is 2. The maximum absolute atomic E-state index is 11.9. The summed E-state index contributed by atoms with van der Waals surface area (Å²) in [6, 6.07) is 17.6. The van der Waals surface area contributed by atoms with Crippen LogP contribution in [0.2, 0.25) is 0 Å². The van der Waals surface area contributed by atoms with Crippen LogP contribution >= 0.6 is 0 Å². The van der Waals surface area contributed by atoms with Gasteiger partial charge >= 0.3 is 0 Å². The van der Waals surface area contributed by atoms with Crippen LogP contribution in [0.5, 0.6) is 5.88 Å². The zero-order valence-electron chi connectivity index (χ0n) is 18.0. The Bertz CT molecular complexity index is 1210.